The molecule has 3 atom stereocenters. The number of amides is 3. The van der Waals surface area contributed by atoms with Gasteiger partial charge in [0.15, 0.2) is 0 Å². The van der Waals surface area contributed by atoms with Crippen molar-refractivity contribution in [2.24, 2.45) is 11.1 Å². The van der Waals surface area contributed by atoms with E-state index in [0.29, 0.717) is 19.4 Å². The van der Waals surface area contributed by atoms with Gasteiger partial charge in [0.2, 0.25) is 17.7 Å². The van der Waals surface area contributed by atoms with Crippen LogP contribution in [-0.2, 0) is 20.8 Å². The van der Waals surface area contributed by atoms with Gasteiger partial charge in [-0.15, -0.1) is 0 Å². The molecule has 1 aliphatic heterocycles. The first-order valence-electron chi connectivity index (χ1n) is 12.3. The Morgan fingerprint density at radius 1 is 1.14 bits per heavy atom. The molecule has 190 valence electrons. The molecule has 8 heteroatoms. The minimum atomic E-state index is -0.865. The Bertz CT molecular complexity index is 1050. The highest BCUT2D eigenvalue weighted by Gasteiger charge is 2.36. The number of benzene rings is 2. The Labute approximate surface area is 207 Å². The molecule has 1 aliphatic rings. The second-order valence-electron chi connectivity index (χ2n) is 10.6. The summed E-state index contributed by atoms with van der Waals surface area (Å²) in [4.78, 5) is 40.8. The van der Waals surface area contributed by atoms with E-state index < -0.39 is 24.1 Å². The van der Waals surface area contributed by atoms with Gasteiger partial charge in [-0.1, -0.05) is 63.2 Å². The summed E-state index contributed by atoms with van der Waals surface area (Å²) in [6.07, 6.45) is 1.09. The monoisotopic (exact) mass is 482 g/mol. The molecular weight excluding hydrogens is 444 g/mol. The van der Waals surface area contributed by atoms with Crippen molar-refractivity contribution in [2.45, 2.75) is 64.6 Å². The molecule has 0 aromatic heterocycles. The first kappa shape index (κ1) is 26.6. The Kier molecular flexibility index (Phi) is 8.86. The maximum Gasteiger partial charge on any atom is 0.243 e. The molecule has 0 saturated carbocycles. The molecule has 2 aromatic carbocycles. The van der Waals surface area contributed by atoms with Crippen LogP contribution in [0.25, 0.3) is 10.8 Å². The fourth-order valence-corrected chi connectivity index (χ4v) is 4.40. The van der Waals surface area contributed by atoms with E-state index in [4.69, 9.17) is 5.73 Å². The number of carbonyl (C=O) groups excluding carboxylic acids is 3. The summed E-state index contributed by atoms with van der Waals surface area (Å²) in [7, 11) is 0. The number of aliphatic hydroxyl groups is 1. The van der Waals surface area contributed by atoms with Crippen LogP contribution < -0.4 is 16.4 Å². The Morgan fingerprint density at radius 3 is 2.54 bits per heavy atom. The summed E-state index contributed by atoms with van der Waals surface area (Å²) < 4.78 is 0. The van der Waals surface area contributed by atoms with E-state index >= 15 is 0 Å². The average Bonchev–Trinajstić information content (AvgIpc) is 3.31. The number of carbonyl (C=O) groups is 3. The second-order valence-corrected chi connectivity index (χ2v) is 10.6. The molecule has 8 nitrogen and oxygen atoms in total. The highest BCUT2D eigenvalue weighted by molar-refractivity contribution is 5.93. The molecule has 1 fully saturated rings. The van der Waals surface area contributed by atoms with Crippen molar-refractivity contribution in [2.75, 3.05) is 19.6 Å². The molecular formula is C27H38N4O4. The van der Waals surface area contributed by atoms with E-state index in [1.54, 1.807) is 4.90 Å². The van der Waals surface area contributed by atoms with Crippen LogP contribution in [0.15, 0.2) is 42.5 Å². The van der Waals surface area contributed by atoms with E-state index in [2.05, 4.69) is 10.6 Å². The molecule has 1 heterocycles. The smallest absolute Gasteiger partial charge is 0.243 e. The third-order valence-electron chi connectivity index (χ3n) is 6.23. The van der Waals surface area contributed by atoms with Crippen molar-refractivity contribution < 1.29 is 19.5 Å². The van der Waals surface area contributed by atoms with E-state index in [-0.39, 0.29) is 36.7 Å². The fourth-order valence-electron chi connectivity index (χ4n) is 4.40. The summed E-state index contributed by atoms with van der Waals surface area (Å²) in [5, 5.41) is 17.5. The van der Waals surface area contributed by atoms with Gasteiger partial charge in [0, 0.05) is 32.5 Å². The number of nitrogens with two attached hydrogens (primary N) is 1. The van der Waals surface area contributed by atoms with Crippen LogP contribution in [0.5, 0.6) is 0 Å². The van der Waals surface area contributed by atoms with Crippen LogP contribution in [0, 0.1) is 5.41 Å². The van der Waals surface area contributed by atoms with Gasteiger partial charge < -0.3 is 26.4 Å². The summed E-state index contributed by atoms with van der Waals surface area (Å²) in [5.74, 6) is -0.772. The standard InChI is InChI=1S/C27H38N4O4/c1-27(2,3)15-24(33)31-12-6-9-23(31)26(35)30-22(25(34)29-17-21(32)16-28)14-18-10-11-19-7-4-5-8-20(19)13-18/h4-5,7-8,10-11,13,21-23,32H,6,9,12,14-17,28H2,1-3H3,(H,29,34)(H,30,35). The molecule has 1 saturated heterocycles. The van der Waals surface area contributed by atoms with Crippen molar-refractivity contribution in [3.63, 3.8) is 0 Å². The zero-order valence-corrected chi connectivity index (χ0v) is 20.9. The quantitative estimate of drug-likeness (QED) is 0.433. The maximum absolute atomic E-state index is 13.3. The highest BCUT2D eigenvalue weighted by atomic mass is 16.3. The Balaban J connectivity index is 1.76. The molecule has 3 amide bonds. The first-order chi connectivity index (χ1) is 16.6. The molecule has 3 unspecified atom stereocenters. The number of likely N-dealkylation sites (tertiary alicyclic amines) is 1. The molecule has 5 N–H and O–H groups in total. The summed E-state index contributed by atoms with van der Waals surface area (Å²) in [6.45, 7) is 6.55. The molecule has 0 bridgehead atoms. The highest BCUT2D eigenvalue weighted by Crippen LogP contribution is 2.25. The normalized spacial score (nSPS) is 17.7. The third-order valence-corrected chi connectivity index (χ3v) is 6.23. The van der Waals surface area contributed by atoms with Crippen molar-refractivity contribution in [1.29, 1.82) is 0 Å². The number of aliphatic hydroxyl groups excluding tert-OH is 1. The number of fused-ring (bicyclic) bond motifs is 1. The van der Waals surface area contributed by atoms with Gasteiger partial charge in [-0.3, -0.25) is 14.4 Å². The first-order valence-corrected chi connectivity index (χ1v) is 12.3. The lowest BCUT2D eigenvalue weighted by molar-refractivity contribution is -0.140. The predicted octanol–water partition coefficient (Wildman–Crippen LogP) is 1.73. The molecule has 0 aliphatic carbocycles. The van der Waals surface area contributed by atoms with E-state index in [0.717, 1.165) is 22.8 Å². The topological polar surface area (TPSA) is 125 Å². The number of hydrogen-bond acceptors (Lipinski definition) is 5. The van der Waals surface area contributed by atoms with Crippen LogP contribution >= 0.6 is 0 Å². The predicted molar refractivity (Wildman–Crippen MR) is 136 cm³/mol. The fraction of sp³-hybridized carbons (Fsp3) is 0.519. The molecule has 3 rings (SSSR count). The SMILES string of the molecule is CC(C)(C)CC(=O)N1CCCC1C(=O)NC(Cc1ccc2ccccc2c1)C(=O)NCC(O)CN. The van der Waals surface area contributed by atoms with Gasteiger partial charge in [-0.05, 0) is 34.6 Å². The van der Waals surface area contributed by atoms with Crippen molar-refractivity contribution in [3.8, 4) is 0 Å². The zero-order chi connectivity index (χ0) is 25.6. The second kappa shape index (κ2) is 11.6. The average molecular weight is 483 g/mol. The van der Waals surface area contributed by atoms with Gasteiger partial charge in [-0.25, -0.2) is 0 Å². The van der Waals surface area contributed by atoms with E-state index in [1.165, 1.54) is 0 Å². The largest absolute Gasteiger partial charge is 0.390 e. The van der Waals surface area contributed by atoms with Crippen LogP contribution in [-0.4, -0.2) is 65.5 Å². The number of hydrogen-bond donors (Lipinski definition) is 4. The van der Waals surface area contributed by atoms with Gasteiger partial charge in [0.1, 0.15) is 12.1 Å². The molecule has 35 heavy (non-hydrogen) atoms. The lowest BCUT2D eigenvalue weighted by Crippen LogP contribution is -2.54. The van der Waals surface area contributed by atoms with Crippen molar-refractivity contribution in [1.82, 2.24) is 15.5 Å². The van der Waals surface area contributed by atoms with E-state index in [9.17, 15) is 19.5 Å². The van der Waals surface area contributed by atoms with Gasteiger partial charge >= 0.3 is 0 Å². The maximum atomic E-state index is 13.3. The lowest BCUT2D eigenvalue weighted by atomic mass is 9.91. The van der Waals surface area contributed by atoms with E-state index in [1.807, 2.05) is 63.2 Å². The van der Waals surface area contributed by atoms with Crippen LogP contribution in [0.3, 0.4) is 0 Å². The van der Waals surface area contributed by atoms with Crippen molar-refractivity contribution in [3.05, 3.63) is 48.0 Å². The number of nitrogens with zero attached hydrogens (tertiary/aromatic N) is 1. The molecule has 0 radical (unpaired) electrons. The third kappa shape index (κ3) is 7.50. The van der Waals surface area contributed by atoms with Crippen LogP contribution in [0.2, 0.25) is 0 Å². The van der Waals surface area contributed by atoms with Gasteiger partial charge in [0.25, 0.3) is 0 Å². The Morgan fingerprint density at radius 2 is 1.86 bits per heavy atom. The minimum Gasteiger partial charge on any atom is -0.390 e. The molecule has 2 aromatic rings. The molecule has 0 spiro atoms. The lowest BCUT2D eigenvalue weighted by Gasteiger charge is -2.29. The van der Waals surface area contributed by atoms with Crippen LogP contribution in [0.1, 0.15) is 45.6 Å². The number of rotatable bonds is 9. The number of nitrogens with one attached hydrogen (secondary N) is 2. The minimum absolute atomic E-state index is 0.000946. The van der Waals surface area contributed by atoms with Gasteiger partial charge in [-0.2, -0.15) is 0 Å². The van der Waals surface area contributed by atoms with Crippen LogP contribution in [0.4, 0.5) is 0 Å². The summed E-state index contributed by atoms with van der Waals surface area (Å²) >= 11 is 0. The zero-order valence-electron chi connectivity index (χ0n) is 20.9. The Hall–Kier alpha value is -2.97. The summed E-state index contributed by atoms with van der Waals surface area (Å²) in [5.41, 5.74) is 6.17. The summed E-state index contributed by atoms with van der Waals surface area (Å²) in [6, 6.07) is 12.4. The van der Waals surface area contributed by atoms with Gasteiger partial charge in [0.05, 0.1) is 6.10 Å². The van der Waals surface area contributed by atoms with Crippen molar-refractivity contribution >= 4 is 28.5 Å².